The lowest BCUT2D eigenvalue weighted by Crippen LogP contribution is -2.39. The molecule has 68 valence electrons. The van der Waals surface area contributed by atoms with E-state index in [1.807, 2.05) is 18.9 Å². The Morgan fingerprint density at radius 2 is 1.92 bits per heavy atom. The van der Waals surface area contributed by atoms with Crippen molar-refractivity contribution in [2.45, 2.75) is 26.7 Å². The minimum atomic E-state index is -0.00287. The van der Waals surface area contributed by atoms with Gasteiger partial charge in [-0.05, 0) is 26.7 Å². The Balaban J connectivity index is 2.30. The van der Waals surface area contributed by atoms with Crippen LogP contribution < -0.4 is 5.43 Å². The van der Waals surface area contributed by atoms with Crippen LogP contribution in [0.1, 0.15) is 26.7 Å². The van der Waals surface area contributed by atoms with Gasteiger partial charge in [-0.25, -0.2) is 5.01 Å². The van der Waals surface area contributed by atoms with Gasteiger partial charge >= 0.3 is 0 Å². The van der Waals surface area contributed by atoms with Crippen LogP contribution in [0.5, 0.6) is 0 Å². The molecule has 3 nitrogen and oxygen atoms in total. The molecule has 3 heteroatoms. The van der Waals surface area contributed by atoms with Crippen molar-refractivity contribution in [3.8, 4) is 0 Å². The number of rotatable bonds is 2. The van der Waals surface area contributed by atoms with Crippen molar-refractivity contribution in [1.29, 1.82) is 0 Å². The summed E-state index contributed by atoms with van der Waals surface area (Å²) in [5, 5.41) is 1.97. The zero-order valence-corrected chi connectivity index (χ0v) is 7.76. The summed E-state index contributed by atoms with van der Waals surface area (Å²) < 4.78 is 0. The van der Waals surface area contributed by atoms with E-state index in [1.54, 1.807) is 6.08 Å². The molecule has 0 aliphatic carbocycles. The number of hydrazine groups is 1. The van der Waals surface area contributed by atoms with Crippen LogP contribution in [0.25, 0.3) is 0 Å². The summed E-state index contributed by atoms with van der Waals surface area (Å²) in [4.78, 5) is 11.2. The van der Waals surface area contributed by atoms with Crippen molar-refractivity contribution in [1.82, 2.24) is 10.4 Å². The lowest BCUT2D eigenvalue weighted by atomic mass is 10.3. The molecular formula is C9H16N2O. The smallest absolute Gasteiger partial charge is 0.258 e. The predicted molar refractivity (Wildman–Crippen MR) is 48.4 cm³/mol. The second-order valence-electron chi connectivity index (χ2n) is 3.39. The second kappa shape index (κ2) is 4.26. The van der Waals surface area contributed by atoms with E-state index in [4.69, 9.17) is 0 Å². The van der Waals surface area contributed by atoms with Crippen LogP contribution in [0.15, 0.2) is 11.6 Å². The maximum Gasteiger partial charge on any atom is 0.258 e. The third-order valence-corrected chi connectivity index (χ3v) is 1.79. The Morgan fingerprint density at radius 3 is 2.42 bits per heavy atom. The van der Waals surface area contributed by atoms with Gasteiger partial charge in [-0.3, -0.25) is 10.2 Å². The fourth-order valence-corrected chi connectivity index (χ4v) is 1.28. The van der Waals surface area contributed by atoms with E-state index >= 15 is 0 Å². The van der Waals surface area contributed by atoms with E-state index in [0.29, 0.717) is 0 Å². The van der Waals surface area contributed by atoms with Gasteiger partial charge in [-0.1, -0.05) is 5.57 Å². The van der Waals surface area contributed by atoms with Gasteiger partial charge in [0.1, 0.15) is 0 Å². The molecule has 0 aromatic rings. The summed E-state index contributed by atoms with van der Waals surface area (Å²) in [6.07, 6.45) is 4.00. The number of hydrogen-bond donors (Lipinski definition) is 1. The summed E-state index contributed by atoms with van der Waals surface area (Å²) >= 11 is 0. The third kappa shape index (κ3) is 3.05. The second-order valence-corrected chi connectivity index (χ2v) is 3.39. The van der Waals surface area contributed by atoms with Gasteiger partial charge in [-0.15, -0.1) is 0 Å². The summed E-state index contributed by atoms with van der Waals surface area (Å²) in [5.74, 6) is -0.00287. The third-order valence-electron chi connectivity index (χ3n) is 1.79. The minimum Gasteiger partial charge on any atom is -0.285 e. The maximum atomic E-state index is 11.2. The quantitative estimate of drug-likeness (QED) is 0.626. The Hall–Kier alpha value is -0.830. The molecule has 0 unspecified atom stereocenters. The largest absolute Gasteiger partial charge is 0.285 e. The number of nitrogens with one attached hydrogen (secondary N) is 1. The van der Waals surface area contributed by atoms with E-state index in [9.17, 15) is 4.79 Å². The van der Waals surface area contributed by atoms with Gasteiger partial charge < -0.3 is 0 Å². The zero-order chi connectivity index (χ0) is 8.97. The SMILES string of the molecule is CC(C)=CC(=O)NN1CCCC1. The first kappa shape index (κ1) is 9.26. The zero-order valence-electron chi connectivity index (χ0n) is 7.76. The molecule has 0 bridgehead atoms. The molecule has 1 aliphatic heterocycles. The number of allylic oxidation sites excluding steroid dienone is 1. The Kier molecular flexibility index (Phi) is 3.29. The first-order chi connectivity index (χ1) is 5.68. The molecule has 1 N–H and O–H groups in total. The molecule has 0 aromatic carbocycles. The molecule has 1 heterocycles. The fraction of sp³-hybridized carbons (Fsp3) is 0.667. The number of amides is 1. The first-order valence-electron chi connectivity index (χ1n) is 4.39. The number of hydrogen-bond acceptors (Lipinski definition) is 2. The van der Waals surface area contributed by atoms with Crippen molar-refractivity contribution in [3.63, 3.8) is 0 Å². The molecule has 1 aliphatic rings. The monoisotopic (exact) mass is 168 g/mol. The highest BCUT2D eigenvalue weighted by atomic mass is 16.2. The molecule has 0 atom stereocenters. The van der Waals surface area contributed by atoms with Crippen molar-refractivity contribution < 1.29 is 4.79 Å². The standard InChI is InChI=1S/C9H16N2O/c1-8(2)7-9(12)10-11-5-3-4-6-11/h7H,3-6H2,1-2H3,(H,10,12). The van der Waals surface area contributed by atoms with Gasteiger partial charge in [0.05, 0.1) is 0 Å². The Bertz CT molecular complexity index is 189. The topological polar surface area (TPSA) is 32.3 Å². The highest BCUT2D eigenvalue weighted by Crippen LogP contribution is 2.03. The van der Waals surface area contributed by atoms with Crippen LogP contribution in [0.3, 0.4) is 0 Å². The first-order valence-corrected chi connectivity index (χ1v) is 4.39. The summed E-state index contributed by atoms with van der Waals surface area (Å²) in [6, 6.07) is 0. The molecule has 1 saturated heterocycles. The highest BCUT2D eigenvalue weighted by molar-refractivity contribution is 5.87. The van der Waals surface area contributed by atoms with Crippen LogP contribution in [0.2, 0.25) is 0 Å². The van der Waals surface area contributed by atoms with Crippen LogP contribution in [0, 0.1) is 0 Å². The van der Waals surface area contributed by atoms with Crippen LogP contribution in [-0.4, -0.2) is 24.0 Å². The highest BCUT2D eigenvalue weighted by Gasteiger charge is 2.12. The predicted octanol–water partition coefficient (Wildman–Crippen LogP) is 1.08. The Morgan fingerprint density at radius 1 is 1.33 bits per heavy atom. The average Bonchev–Trinajstić information content (AvgIpc) is 2.37. The molecule has 1 fully saturated rings. The number of nitrogens with zero attached hydrogens (tertiary/aromatic N) is 1. The molecule has 0 radical (unpaired) electrons. The Labute approximate surface area is 73.4 Å². The molecule has 1 rings (SSSR count). The fourth-order valence-electron chi connectivity index (χ4n) is 1.28. The summed E-state index contributed by atoms with van der Waals surface area (Å²) in [7, 11) is 0. The van der Waals surface area contributed by atoms with E-state index in [2.05, 4.69) is 5.43 Å². The normalized spacial score (nSPS) is 17.5. The van der Waals surface area contributed by atoms with Crippen molar-refractivity contribution >= 4 is 5.91 Å². The van der Waals surface area contributed by atoms with Gasteiger partial charge in [0.2, 0.25) is 0 Å². The van der Waals surface area contributed by atoms with Crippen LogP contribution >= 0.6 is 0 Å². The lowest BCUT2D eigenvalue weighted by molar-refractivity contribution is -0.120. The molecular weight excluding hydrogens is 152 g/mol. The van der Waals surface area contributed by atoms with Gasteiger partial charge in [0.15, 0.2) is 0 Å². The van der Waals surface area contributed by atoms with E-state index < -0.39 is 0 Å². The van der Waals surface area contributed by atoms with E-state index in [0.717, 1.165) is 18.7 Å². The molecule has 0 spiro atoms. The average molecular weight is 168 g/mol. The van der Waals surface area contributed by atoms with Crippen molar-refractivity contribution in [3.05, 3.63) is 11.6 Å². The van der Waals surface area contributed by atoms with Gasteiger partial charge in [-0.2, -0.15) is 0 Å². The maximum absolute atomic E-state index is 11.2. The molecule has 1 amide bonds. The molecule has 0 saturated carbocycles. The number of carbonyl (C=O) groups excluding carboxylic acids is 1. The molecule has 0 aromatic heterocycles. The van der Waals surface area contributed by atoms with Crippen LogP contribution in [-0.2, 0) is 4.79 Å². The molecule has 12 heavy (non-hydrogen) atoms. The van der Waals surface area contributed by atoms with E-state index in [1.165, 1.54) is 12.8 Å². The van der Waals surface area contributed by atoms with Crippen LogP contribution in [0.4, 0.5) is 0 Å². The van der Waals surface area contributed by atoms with E-state index in [-0.39, 0.29) is 5.91 Å². The van der Waals surface area contributed by atoms with Gasteiger partial charge in [0.25, 0.3) is 5.91 Å². The van der Waals surface area contributed by atoms with Gasteiger partial charge in [0, 0.05) is 19.2 Å². The van der Waals surface area contributed by atoms with Crippen molar-refractivity contribution in [2.75, 3.05) is 13.1 Å². The number of carbonyl (C=O) groups is 1. The van der Waals surface area contributed by atoms with Crippen molar-refractivity contribution in [2.24, 2.45) is 0 Å². The summed E-state index contributed by atoms with van der Waals surface area (Å²) in [6.45, 7) is 5.82. The lowest BCUT2D eigenvalue weighted by Gasteiger charge is -2.14. The minimum absolute atomic E-state index is 0.00287. The summed E-state index contributed by atoms with van der Waals surface area (Å²) in [5.41, 5.74) is 3.86.